The van der Waals surface area contributed by atoms with Gasteiger partial charge < -0.3 is 9.47 Å². The summed E-state index contributed by atoms with van der Waals surface area (Å²) in [5, 5.41) is 0. The third-order valence-corrected chi connectivity index (χ3v) is 2.84. The molecule has 132 valence electrons. The molecule has 1 atom stereocenters. The van der Waals surface area contributed by atoms with Crippen LogP contribution in [0.15, 0.2) is 29.8 Å². The zero-order chi connectivity index (χ0) is 18.3. The first-order valence-electron chi connectivity index (χ1n) is 6.05. The molecule has 1 aromatic rings. The number of halogens is 8. The molecule has 0 saturated heterocycles. The Morgan fingerprint density at radius 2 is 1.58 bits per heavy atom. The van der Waals surface area contributed by atoms with E-state index in [4.69, 9.17) is 0 Å². The number of fused-ring (bicyclic) bond motifs is 1. The fourth-order valence-corrected chi connectivity index (χ4v) is 1.78. The van der Waals surface area contributed by atoms with Gasteiger partial charge in [-0.25, -0.2) is 4.79 Å². The second-order valence-corrected chi connectivity index (χ2v) is 4.58. The van der Waals surface area contributed by atoms with Crippen molar-refractivity contribution in [3.63, 3.8) is 0 Å². The Hall–Kier alpha value is -2.33. The smallest absolute Gasteiger partial charge is 0.475 e. The molecule has 1 aliphatic heterocycles. The highest BCUT2D eigenvalue weighted by Crippen LogP contribution is 2.40. The van der Waals surface area contributed by atoms with Crippen LogP contribution < -0.4 is 4.74 Å². The van der Waals surface area contributed by atoms with E-state index < -0.39 is 36.1 Å². The van der Waals surface area contributed by atoms with Crippen molar-refractivity contribution in [2.75, 3.05) is 0 Å². The summed E-state index contributed by atoms with van der Waals surface area (Å²) in [5.41, 5.74) is -1.63. The van der Waals surface area contributed by atoms with Gasteiger partial charge >= 0.3 is 24.4 Å². The Bertz CT molecular complexity index is 675. The minimum Gasteiger partial charge on any atom is -0.475 e. The third-order valence-electron chi connectivity index (χ3n) is 2.84. The van der Waals surface area contributed by atoms with Gasteiger partial charge in [-0.15, -0.1) is 0 Å². The fourth-order valence-electron chi connectivity index (χ4n) is 1.78. The van der Waals surface area contributed by atoms with Crippen molar-refractivity contribution in [2.24, 2.45) is 0 Å². The Morgan fingerprint density at radius 3 is 2.12 bits per heavy atom. The Morgan fingerprint density at radius 1 is 1.00 bits per heavy atom. The first-order valence-corrected chi connectivity index (χ1v) is 6.05. The number of hydrogen-bond donors (Lipinski definition) is 0. The molecule has 0 N–H and O–H groups in total. The summed E-state index contributed by atoms with van der Waals surface area (Å²) in [4.78, 5) is 11.5. The number of para-hydroxylation sites is 1. The second-order valence-electron chi connectivity index (χ2n) is 4.58. The van der Waals surface area contributed by atoms with E-state index in [0.29, 0.717) is 6.08 Å². The molecule has 1 aliphatic rings. The van der Waals surface area contributed by atoms with Crippen LogP contribution in [-0.4, -0.2) is 30.5 Å². The maximum absolute atomic E-state index is 12.9. The van der Waals surface area contributed by atoms with Gasteiger partial charge in [0.15, 0.2) is 0 Å². The highest BCUT2D eigenvalue weighted by molar-refractivity contribution is 5.96. The van der Waals surface area contributed by atoms with Crippen molar-refractivity contribution < 1.29 is 49.4 Å². The fraction of sp³-hybridized carbons (Fsp3) is 0.308. The van der Waals surface area contributed by atoms with E-state index in [0.717, 1.165) is 6.07 Å². The van der Waals surface area contributed by atoms with E-state index in [2.05, 4.69) is 9.47 Å². The number of alkyl halides is 8. The van der Waals surface area contributed by atoms with E-state index in [9.17, 15) is 39.9 Å². The summed E-state index contributed by atoms with van der Waals surface area (Å²) >= 11 is 0. The van der Waals surface area contributed by atoms with E-state index in [1.165, 1.54) is 18.2 Å². The SMILES string of the molecule is O=C(OC(F)(F)C(F)(F)F)C1=Cc2ccccc2OC1C(F)(F)F. The van der Waals surface area contributed by atoms with Gasteiger partial charge in [0.05, 0.1) is 5.57 Å². The number of carbonyl (C=O) groups is 1. The van der Waals surface area contributed by atoms with Crippen LogP contribution >= 0.6 is 0 Å². The first kappa shape index (κ1) is 18.0. The number of carbonyl (C=O) groups excluding carboxylic acids is 1. The molecule has 24 heavy (non-hydrogen) atoms. The molecule has 0 fully saturated rings. The number of esters is 1. The van der Waals surface area contributed by atoms with Crippen LogP contribution in [0.4, 0.5) is 35.1 Å². The lowest BCUT2D eigenvalue weighted by molar-refractivity contribution is -0.375. The van der Waals surface area contributed by atoms with Crippen LogP contribution in [0.3, 0.4) is 0 Å². The summed E-state index contributed by atoms with van der Waals surface area (Å²) in [6.07, 6.45) is -20.0. The monoisotopic (exact) mass is 362 g/mol. The summed E-state index contributed by atoms with van der Waals surface area (Å²) in [5.74, 6) is -2.81. The molecule has 1 aromatic carbocycles. The largest absolute Gasteiger partial charge is 0.501 e. The lowest BCUT2D eigenvalue weighted by Gasteiger charge is -2.28. The van der Waals surface area contributed by atoms with Gasteiger partial charge in [0.25, 0.3) is 0 Å². The van der Waals surface area contributed by atoms with Gasteiger partial charge in [0.2, 0.25) is 6.10 Å². The maximum atomic E-state index is 12.9. The molecule has 0 radical (unpaired) electrons. The number of hydrogen-bond acceptors (Lipinski definition) is 3. The summed E-state index contributed by atoms with van der Waals surface area (Å²) in [7, 11) is 0. The molecule has 1 unspecified atom stereocenters. The van der Waals surface area contributed by atoms with Crippen LogP contribution in [0.5, 0.6) is 5.75 Å². The number of rotatable bonds is 2. The highest BCUT2D eigenvalue weighted by Gasteiger charge is 2.63. The molecule has 0 aromatic heterocycles. The molecular formula is C13H6F8O3. The zero-order valence-corrected chi connectivity index (χ0v) is 11.2. The Kier molecular flexibility index (Phi) is 4.23. The van der Waals surface area contributed by atoms with Crippen molar-refractivity contribution in [2.45, 2.75) is 24.6 Å². The van der Waals surface area contributed by atoms with Crippen molar-refractivity contribution in [1.82, 2.24) is 0 Å². The first-order chi connectivity index (χ1) is 10.8. The van der Waals surface area contributed by atoms with Gasteiger partial charge in [-0.05, 0) is 12.1 Å². The highest BCUT2D eigenvalue weighted by atomic mass is 19.4. The Labute approximate surface area is 128 Å². The van der Waals surface area contributed by atoms with Crippen molar-refractivity contribution >= 4 is 12.0 Å². The lowest BCUT2D eigenvalue weighted by Crippen LogP contribution is -2.45. The van der Waals surface area contributed by atoms with Gasteiger partial charge in [0, 0.05) is 5.56 Å². The minimum atomic E-state index is -6.27. The average molecular weight is 362 g/mol. The van der Waals surface area contributed by atoms with E-state index in [1.54, 1.807) is 0 Å². The van der Waals surface area contributed by atoms with Gasteiger partial charge in [0.1, 0.15) is 5.75 Å². The minimum absolute atomic E-state index is 0.111. The van der Waals surface area contributed by atoms with Crippen LogP contribution in [-0.2, 0) is 9.53 Å². The summed E-state index contributed by atoms with van der Waals surface area (Å²) in [6, 6.07) is 4.93. The van der Waals surface area contributed by atoms with E-state index >= 15 is 0 Å². The lowest BCUT2D eigenvalue weighted by atomic mass is 10.0. The maximum Gasteiger partial charge on any atom is 0.501 e. The van der Waals surface area contributed by atoms with Crippen LogP contribution in [0.25, 0.3) is 6.08 Å². The van der Waals surface area contributed by atoms with E-state index in [-0.39, 0.29) is 11.3 Å². The van der Waals surface area contributed by atoms with Gasteiger partial charge in [-0.1, -0.05) is 18.2 Å². The van der Waals surface area contributed by atoms with Crippen LogP contribution in [0, 0.1) is 0 Å². The molecule has 2 rings (SSSR count). The topological polar surface area (TPSA) is 35.5 Å². The van der Waals surface area contributed by atoms with Crippen molar-refractivity contribution in [3.8, 4) is 5.75 Å². The molecule has 0 spiro atoms. The van der Waals surface area contributed by atoms with Crippen molar-refractivity contribution in [3.05, 3.63) is 35.4 Å². The van der Waals surface area contributed by atoms with Crippen LogP contribution in [0.1, 0.15) is 5.56 Å². The molecule has 0 saturated carbocycles. The van der Waals surface area contributed by atoms with Gasteiger partial charge in [-0.2, -0.15) is 35.1 Å². The van der Waals surface area contributed by atoms with Crippen LogP contribution in [0.2, 0.25) is 0 Å². The quantitative estimate of drug-likeness (QED) is 0.587. The third kappa shape index (κ3) is 3.44. The molecule has 0 amide bonds. The molecule has 3 nitrogen and oxygen atoms in total. The molecular weight excluding hydrogens is 356 g/mol. The predicted octanol–water partition coefficient (Wildman–Crippen LogP) is 4.09. The standard InChI is InChI=1S/C13H6F8O3/c14-11(15,16)9-7(5-6-3-1-2-4-8(6)23-9)10(22)24-13(20,21)12(17,18)19/h1-5,9H. The normalized spacial score (nSPS) is 18.3. The zero-order valence-electron chi connectivity index (χ0n) is 11.2. The predicted molar refractivity (Wildman–Crippen MR) is 62.0 cm³/mol. The molecule has 1 heterocycles. The number of benzene rings is 1. The average Bonchev–Trinajstić information content (AvgIpc) is 2.43. The summed E-state index contributed by atoms with van der Waals surface area (Å²) in [6.45, 7) is 0. The Balaban J connectivity index is 2.41. The molecule has 0 bridgehead atoms. The van der Waals surface area contributed by atoms with Crippen molar-refractivity contribution in [1.29, 1.82) is 0 Å². The molecule has 11 heteroatoms. The van der Waals surface area contributed by atoms with Gasteiger partial charge in [-0.3, -0.25) is 0 Å². The summed E-state index contributed by atoms with van der Waals surface area (Å²) < 4.78 is 108. The molecule has 0 aliphatic carbocycles. The number of ether oxygens (including phenoxy) is 2. The second kappa shape index (κ2) is 5.64. The van der Waals surface area contributed by atoms with E-state index in [1.807, 2.05) is 0 Å².